The van der Waals surface area contributed by atoms with Crippen molar-refractivity contribution in [1.29, 1.82) is 0 Å². The smallest absolute Gasteiger partial charge is 0.287 e. The van der Waals surface area contributed by atoms with Crippen LogP contribution in [0.15, 0.2) is 29.1 Å². The number of carbonyl (C=O) groups excluding carboxylic acids is 1. The summed E-state index contributed by atoms with van der Waals surface area (Å²) in [5.41, 5.74) is 0.226. The molecular weight excluding hydrogens is 296 g/mol. The molecule has 0 saturated carbocycles. The maximum absolute atomic E-state index is 12.1. The van der Waals surface area contributed by atoms with Gasteiger partial charge < -0.3 is 15.0 Å². The van der Waals surface area contributed by atoms with Crippen LogP contribution < -0.4 is 10.9 Å². The number of rotatable bonds is 5. The van der Waals surface area contributed by atoms with Crippen molar-refractivity contribution in [3.8, 4) is 0 Å². The van der Waals surface area contributed by atoms with Crippen LogP contribution in [0.5, 0.6) is 0 Å². The third kappa shape index (κ3) is 3.94. The third-order valence-electron chi connectivity index (χ3n) is 3.87. The zero-order valence-electron chi connectivity index (χ0n) is 12.9. The minimum atomic E-state index is -0.352. The van der Waals surface area contributed by atoms with Gasteiger partial charge in [0, 0.05) is 19.6 Å². The van der Waals surface area contributed by atoms with Gasteiger partial charge in [0.2, 0.25) is 0 Å². The minimum absolute atomic E-state index is 0.0556. The van der Waals surface area contributed by atoms with E-state index >= 15 is 0 Å². The summed E-state index contributed by atoms with van der Waals surface area (Å²) < 4.78 is 5.30. The largest absolute Gasteiger partial charge is 0.379 e. The number of amides is 1. The van der Waals surface area contributed by atoms with E-state index in [9.17, 15) is 9.59 Å². The number of nitrogens with one attached hydrogen (secondary N) is 2. The number of hydrogen-bond donors (Lipinski definition) is 2. The fourth-order valence-electron chi connectivity index (χ4n) is 2.61. The number of morpholine rings is 1. The van der Waals surface area contributed by atoms with Gasteiger partial charge in [-0.2, -0.15) is 0 Å². The lowest BCUT2D eigenvalue weighted by Crippen LogP contribution is -2.38. The molecule has 1 fully saturated rings. The van der Waals surface area contributed by atoms with Crippen molar-refractivity contribution in [2.75, 3.05) is 39.4 Å². The van der Waals surface area contributed by atoms with E-state index in [2.05, 4.69) is 20.2 Å². The zero-order chi connectivity index (χ0) is 16.1. The second-order valence-electron chi connectivity index (χ2n) is 5.50. The Kier molecular flexibility index (Phi) is 4.99. The fourth-order valence-corrected chi connectivity index (χ4v) is 2.61. The molecule has 1 aromatic carbocycles. The Bertz CT molecular complexity index is 737. The van der Waals surface area contributed by atoms with Crippen molar-refractivity contribution < 1.29 is 9.53 Å². The first-order valence-corrected chi connectivity index (χ1v) is 7.81. The summed E-state index contributed by atoms with van der Waals surface area (Å²) >= 11 is 0. The molecule has 7 heteroatoms. The molecule has 3 rings (SSSR count). The lowest BCUT2D eigenvalue weighted by atomic mass is 10.2. The molecule has 1 aliphatic rings. The van der Waals surface area contributed by atoms with Crippen LogP contribution in [-0.4, -0.2) is 60.2 Å². The number of nitrogens with zero attached hydrogens (tertiary/aromatic N) is 2. The molecule has 0 aliphatic carbocycles. The summed E-state index contributed by atoms with van der Waals surface area (Å²) in [4.78, 5) is 33.1. The fraction of sp³-hybridized carbons (Fsp3) is 0.438. The molecule has 122 valence electrons. The van der Waals surface area contributed by atoms with Crippen LogP contribution in [0.3, 0.4) is 0 Å². The van der Waals surface area contributed by atoms with Gasteiger partial charge >= 0.3 is 0 Å². The van der Waals surface area contributed by atoms with E-state index in [0.717, 1.165) is 39.3 Å². The number of H-pyrrole nitrogens is 1. The quantitative estimate of drug-likeness (QED) is 0.779. The number of aromatic nitrogens is 2. The van der Waals surface area contributed by atoms with Gasteiger partial charge in [0.1, 0.15) is 0 Å². The summed E-state index contributed by atoms with van der Waals surface area (Å²) in [5.74, 6) is -0.296. The van der Waals surface area contributed by atoms with E-state index in [-0.39, 0.29) is 17.3 Å². The molecule has 0 atom stereocenters. The highest BCUT2D eigenvalue weighted by Gasteiger charge is 2.12. The molecule has 23 heavy (non-hydrogen) atoms. The van der Waals surface area contributed by atoms with Crippen molar-refractivity contribution in [1.82, 2.24) is 20.2 Å². The van der Waals surface area contributed by atoms with E-state index in [0.29, 0.717) is 17.4 Å². The van der Waals surface area contributed by atoms with Gasteiger partial charge in [0.25, 0.3) is 11.5 Å². The van der Waals surface area contributed by atoms with Crippen LogP contribution in [-0.2, 0) is 4.74 Å². The molecule has 7 nitrogen and oxygen atoms in total. The number of fused-ring (bicyclic) bond motifs is 1. The van der Waals surface area contributed by atoms with Gasteiger partial charge in [-0.3, -0.25) is 14.5 Å². The number of para-hydroxylation sites is 1. The summed E-state index contributed by atoms with van der Waals surface area (Å²) in [6.07, 6.45) is 0.851. The van der Waals surface area contributed by atoms with Crippen LogP contribution in [0, 0.1) is 0 Å². The Balaban J connectivity index is 1.55. The lowest BCUT2D eigenvalue weighted by molar-refractivity contribution is 0.0374. The summed E-state index contributed by atoms with van der Waals surface area (Å²) in [7, 11) is 0. The maximum atomic E-state index is 12.1. The molecule has 2 heterocycles. The van der Waals surface area contributed by atoms with Crippen molar-refractivity contribution in [2.24, 2.45) is 0 Å². The highest BCUT2D eigenvalue weighted by atomic mass is 16.5. The molecule has 0 spiro atoms. The van der Waals surface area contributed by atoms with Gasteiger partial charge in [0.15, 0.2) is 5.82 Å². The lowest BCUT2D eigenvalue weighted by Gasteiger charge is -2.26. The van der Waals surface area contributed by atoms with Crippen molar-refractivity contribution >= 4 is 16.8 Å². The Morgan fingerprint density at radius 1 is 1.30 bits per heavy atom. The van der Waals surface area contributed by atoms with Gasteiger partial charge in [-0.25, -0.2) is 4.98 Å². The molecule has 2 N–H and O–H groups in total. The molecule has 1 aromatic heterocycles. The van der Waals surface area contributed by atoms with Gasteiger partial charge in [-0.05, 0) is 25.1 Å². The number of ether oxygens (including phenoxy) is 1. The van der Waals surface area contributed by atoms with Gasteiger partial charge in [-0.1, -0.05) is 12.1 Å². The Morgan fingerprint density at radius 2 is 2.09 bits per heavy atom. The van der Waals surface area contributed by atoms with Crippen molar-refractivity contribution in [2.45, 2.75) is 6.42 Å². The standard InChI is InChI=1S/C16H20N4O3/c21-15-12-4-1-2-5-13(12)18-14(19-15)16(22)17-6-3-7-20-8-10-23-11-9-20/h1-2,4-5H,3,6-11H2,(H,17,22)(H,18,19,21). The second kappa shape index (κ2) is 7.34. The number of benzene rings is 1. The van der Waals surface area contributed by atoms with Crippen LogP contribution >= 0.6 is 0 Å². The van der Waals surface area contributed by atoms with E-state index in [4.69, 9.17) is 4.74 Å². The van der Waals surface area contributed by atoms with E-state index in [1.54, 1.807) is 24.3 Å². The molecule has 1 saturated heterocycles. The van der Waals surface area contributed by atoms with Crippen LogP contribution in [0.2, 0.25) is 0 Å². The normalized spacial score (nSPS) is 15.7. The van der Waals surface area contributed by atoms with E-state index in [1.807, 2.05) is 0 Å². The zero-order valence-corrected chi connectivity index (χ0v) is 12.9. The first-order chi connectivity index (χ1) is 11.2. The highest BCUT2D eigenvalue weighted by Crippen LogP contribution is 2.05. The SMILES string of the molecule is O=C(NCCCN1CCOCC1)c1nc2ccccc2c(=O)[nH]1. The third-order valence-corrected chi connectivity index (χ3v) is 3.87. The first kappa shape index (κ1) is 15.6. The molecular formula is C16H20N4O3. The van der Waals surface area contributed by atoms with E-state index in [1.165, 1.54) is 0 Å². The average molecular weight is 316 g/mol. The van der Waals surface area contributed by atoms with Crippen LogP contribution in [0.25, 0.3) is 10.9 Å². The number of aromatic amines is 1. The van der Waals surface area contributed by atoms with Gasteiger partial charge in [0.05, 0.1) is 24.1 Å². The predicted molar refractivity (Wildman–Crippen MR) is 86.6 cm³/mol. The van der Waals surface area contributed by atoms with Crippen molar-refractivity contribution in [3.63, 3.8) is 0 Å². The Labute approximate surface area is 133 Å². The average Bonchev–Trinajstić information content (AvgIpc) is 2.59. The van der Waals surface area contributed by atoms with Gasteiger partial charge in [-0.15, -0.1) is 0 Å². The monoisotopic (exact) mass is 316 g/mol. The molecule has 1 amide bonds. The molecule has 2 aromatic rings. The highest BCUT2D eigenvalue weighted by molar-refractivity contribution is 5.92. The molecule has 0 unspecified atom stereocenters. The number of hydrogen-bond acceptors (Lipinski definition) is 5. The summed E-state index contributed by atoms with van der Waals surface area (Å²) in [6.45, 7) is 4.89. The summed E-state index contributed by atoms with van der Waals surface area (Å²) in [6, 6.07) is 6.97. The molecule has 0 bridgehead atoms. The Morgan fingerprint density at radius 3 is 2.91 bits per heavy atom. The topological polar surface area (TPSA) is 87.3 Å². The summed E-state index contributed by atoms with van der Waals surface area (Å²) in [5, 5.41) is 3.28. The van der Waals surface area contributed by atoms with E-state index < -0.39 is 0 Å². The first-order valence-electron chi connectivity index (χ1n) is 7.81. The van der Waals surface area contributed by atoms with Crippen LogP contribution in [0.1, 0.15) is 17.0 Å². The Hall–Kier alpha value is -2.25. The molecule has 1 aliphatic heterocycles. The van der Waals surface area contributed by atoms with Crippen LogP contribution in [0.4, 0.5) is 0 Å². The minimum Gasteiger partial charge on any atom is -0.379 e. The number of carbonyl (C=O) groups is 1. The second-order valence-corrected chi connectivity index (χ2v) is 5.50. The van der Waals surface area contributed by atoms with Crippen molar-refractivity contribution in [3.05, 3.63) is 40.4 Å². The maximum Gasteiger partial charge on any atom is 0.287 e. The predicted octanol–water partition coefficient (Wildman–Crippen LogP) is 0.375. The molecule has 0 radical (unpaired) electrons.